The van der Waals surface area contributed by atoms with Crippen LogP contribution in [0, 0.1) is 0 Å². The van der Waals surface area contributed by atoms with Crippen LogP contribution >= 0.6 is 11.8 Å². The molecule has 0 aliphatic rings. The highest BCUT2D eigenvalue weighted by Crippen LogP contribution is 2.29. The summed E-state index contributed by atoms with van der Waals surface area (Å²) in [5, 5.41) is 12.1. The molecule has 0 spiro atoms. The Kier molecular flexibility index (Phi) is 6.41. The maximum atomic E-state index is 12.1. The second-order valence-electron chi connectivity index (χ2n) is 6.41. The van der Waals surface area contributed by atoms with E-state index < -0.39 is 0 Å². The lowest BCUT2D eigenvalue weighted by Gasteiger charge is -2.09. The minimum Gasteiger partial charge on any atom is -0.326 e. The largest absolute Gasteiger partial charge is 0.326 e. The van der Waals surface area contributed by atoms with Gasteiger partial charge < -0.3 is 5.32 Å². The zero-order valence-corrected chi connectivity index (χ0v) is 16.9. The average molecular weight is 414 g/mol. The molecular formula is C23H19N5OS. The van der Waals surface area contributed by atoms with Crippen LogP contribution in [0.25, 0.3) is 22.5 Å². The molecule has 0 radical (unpaired) electrons. The number of nitrogens with zero attached hydrogens (tertiary/aromatic N) is 4. The van der Waals surface area contributed by atoms with Crippen molar-refractivity contribution in [1.29, 1.82) is 0 Å². The van der Waals surface area contributed by atoms with E-state index in [4.69, 9.17) is 4.98 Å². The van der Waals surface area contributed by atoms with Gasteiger partial charge in [0.2, 0.25) is 11.1 Å². The molecule has 0 unspecified atom stereocenters. The Morgan fingerprint density at radius 3 is 2.10 bits per heavy atom. The van der Waals surface area contributed by atoms with Crippen molar-refractivity contribution in [2.75, 3.05) is 11.1 Å². The summed E-state index contributed by atoms with van der Waals surface area (Å²) >= 11 is 1.41. The normalized spacial score (nSPS) is 10.5. The number of thioether (sulfide) groups is 1. The maximum absolute atomic E-state index is 12.1. The van der Waals surface area contributed by atoms with Crippen LogP contribution < -0.4 is 5.32 Å². The molecular weight excluding hydrogens is 394 g/mol. The number of carbonyl (C=O) groups excluding carboxylic acids is 1. The summed E-state index contributed by atoms with van der Waals surface area (Å²) in [4.78, 5) is 20.8. The molecule has 0 saturated carbocycles. The third kappa shape index (κ3) is 5.07. The van der Waals surface area contributed by atoms with Gasteiger partial charge in [-0.3, -0.25) is 9.78 Å². The van der Waals surface area contributed by atoms with E-state index in [0.717, 1.165) is 28.2 Å². The third-order valence-corrected chi connectivity index (χ3v) is 5.13. The van der Waals surface area contributed by atoms with Crippen molar-refractivity contribution >= 4 is 23.4 Å². The SMILES string of the molecule is O=C(CCSc1nnc(-c2ccccc2)c(-c2ccccc2)n1)Nc1ccncc1. The van der Waals surface area contributed by atoms with Crippen molar-refractivity contribution in [2.24, 2.45) is 0 Å². The summed E-state index contributed by atoms with van der Waals surface area (Å²) in [6.45, 7) is 0. The number of pyridine rings is 1. The fourth-order valence-electron chi connectivity index (χ4n) is 2.85. The van der Waals surface area contributed by atoms with Gasteiger partial charge in [0.15, 0.2) is 0 Å². The Morgan fingerprint density at radius 2 is 1.43 bits per heavy atom. The Morgan fingerprint density at radius 1 is 0.800 bits per heavy atom. The number of amides is 1. The van der Waals surface area contributed by atoms with Crippen molar-refractivity contribution in [3.63, 3.8) is 0 Å². The fourth-order valence-corrected chi connectivity index (χ4v) is 3.58. The van der Waals surface area contributed by atoms with Gasteiger partial charge in [-0.25, -0.2) is 4.98 Å². The Balaban J connectivity index is 1.48. The van der Waals surface area contributed by atoms with Crippen molar-refractivity contribution in [2.45, 2.75) is 11.6 Å². The molecule has 2 aromatic carbocycles. The average Bonchev–Trinajstić information content (AvgIpc) is 2.81. The topological polar surface area (TPSA) is 80.7 Å². The van der Waals surface area contributed by atoms with Crippen LogP contribution in [0.2, 0.25) is 0 Å². The van der Waals surface area contributed by atoms with Crippen molar-refractivity contribution in [3.05, 3.63) is 85.2 Å². The first-order valence-corrected chi connectivity index (χ1v) is 10.5. The van der Waals surface area contributed by atoms with Crippen molar-refractivity contribution < 1.29 is 4.79 Å². The lowest BCUT2D eigenvalue weighted by Crippen LogP contribution is -2.12. The number of hydrogen-bond acceptors (Lipinski definition) is 6. The first-order chi connectivity index (χ1) is 14.8. The standard InChI is InChI=1S/C23H19N5OS/c29-20(25-19-11-14-24-15-12-19)13-16-30-23-26-21(17-7-3-1-4-8-17)22(27-28-23)18-9-5-2-6-10-18/h1-12,14-15H,13,16H2,(H,24,25,29). The Labute approximate surface area is 178 Å². The minimum absolute atomic E-state index is 0.0640. The number of hydrogen-bond donors (Lipinski definition) is 1. The van der Waals surface area contributed by atoms with Crippen LogP contribution in [0.3, 0.4) is 0 Å². The lowest BCUT2D eigenvalue weighted by atomic mass is 10.0. The van der Waals surface area contributed by atoms with E-state index in [1.54, 1.807) is 24.5 Å². The number of anilines is 1. The van der Waals surface area contributed by atoms with Gasteiger partial charge in [-0.05, 0) is 12.1 Å². The molecule has 0 bridgehead atoms. The first-order valence-electron chi connectivity index (χ1n) is 9.48. The minimum atomic E-state index is -0.0640. The van der Waals surface area contributed by atoms with Gasteiger partial charge >= 0.3 is 0 Å². The van der Waals surface area contributed by atoms with E-state index in [9.17, 15) is 4.79 Å². The summed E-state index contributed by atoms with van der Waals surface area (Å²) in [7, 11) is 0. The molecule has 0 aliphatic heterocycles. The third-order valence-electron chi connectivity index (χ3n) is 4.29. The Hall–Kier alpha value is -3.58. The number of carbonyl (C=O) groups is 1. The van der Waals surface area contributed by atoms with Gasteiger partial charge in [0.25, 0.3) is 0 Å². The molecule has 0 atom stereocenters. The van der Waals surface area contributed by atoms with Crippen LogP contribution in [0.15, 0.2) is 90.3 Å². The second kappa shape index (κ2) is 9.76. The van der Waals surface area contributed by atoms with Crippen molar-refractivity contribution in [3.8, 4) is 22.5 Å². The summed E-state index contributed by atoms with van der Waals surface area (Å²) < 4.78 is 0. The van der Waals surface area contributed by atoms with Crippen LogP contribution in [0.5, 0.6) is 0 Å². The van der Waals surface area contributed by atoms with E-state index in [1.165, 1.54) is 11.8 Å². The maximum Gasteiger partial charge on any atom is 0.225 e. The molecule has 0 saturated heterocycles. The van der Waals surface area contributed by atoms with Gasteiger partial charge in [-0.2, -0.15) is 0 Å². The molecule has 4 aromatic rings. The first kappa shape index (κ1) is 19.7. The summed E-state index contributed by atoms with van der Waals surface area (Å²) in [5.41, 5.74) is 4.19. The molecule has 0 aliphatic carbocycles. The number of aromatic nitrogens is 4. The van der Waals surface area contributed by atoms with Gasteiger partial charge in [0.05, 0.1) is 0 Å². The highest BCUT2D eigenvalue weighted by atomic mass is 32.2. The molecule has 148 valence electrons. The molecule has 2 heterocycles. The van der Waals surface area contributed by atoms with E-state index >= 15 is 0 Å². The van der Waals surface area contributed by atoms with Gasteiger partial charge in [0, 0.05) is 41.4 Å². The molecule has 7 heteroatoms. The van der Waals surface area contributed by atoms with Gasteiger partial charge in [0.1, 0.15) is 11.4 Å². The summed E-state index contributed by atoms with van der Waals surface area (Å²) in [6.07, 6.45) is 3.63. The molecule has 30 heavy (non-hydrogen) atoms. The molecule has 2 aromatic heterocycles. The predicted molar refractivity (Wildman–Crippen MR) is 119 cm³/mol. The fraction of sp³-hybridized carbons (Fsp3) is 0.0870. The molecule has 1 amide bonds. The molecule has 0 fully saturated rings. The van der Waals surface area contributed by atoms with Crippen molar-refractivity contribution in [1.82, 2.24) is 20.2 Å². The van der Waals surface area contributed by atoms with Crippen LogP contribution in [0.4, 0.5) is 5.69 Å². The van der Waals surface area contributed by atoms with E-state index in [2.05, 4.69) is 20.5 Å². The van der Waals surface area contributed by atoms with Gasteiger partial charge in [-0.1, -0.05) is 72.4 Å². The van der Waals surface area contributed by atoms with E-state index in [1.807, 2.05) is 60.7 Å². The van der Waals surface area contributed by atoms with E-state index in [0.29, 0.717) is 17.3 Å². The van der Waals surface area contributed by atoms with Crippen LogP contribution in [-0.2, 0) is 4.79 Å². The zero-order valence-electron chi connectivity index (χ0n) is 16.1. The quantitative estimate of drug-likeness (QED) is 0.442. The highest BCUT2D eigenvalue weighted by Gasteiger charge is 2.14. The zero-order chi connectivity index (χ0) is 20.6. The monoisotopic (exact) mass is 413 g/mol. The Bertz CT molecular complexity index is 1110. The van der Waals surface area contributed by atoms with Crippen LogP contribution in [-0.4, -0.2) is 31.8 Å². The molecule has 1 N–H and O–H groups in total. The van der Waals surface area contributed by atoms with E-state index in [-0.39, 0.29) is 5.91 Å². The predicted octanol–water partition coefficient (Wildman–Crippen LogP) is 4.72. The highest BCUT2D eigenvalue weighted by molar-refractivity contribution is 7.99. The lowest BCUT2D eigenvalue weighted by molar-refractivity contribution is -0.115. The number of benzene rings is 2. The summed E-state index contributed by atoms with van der Waals surface area (Å²) in [5.74, 6) is 0.489. The smallest absolute Gasteiger partial charge is 0.225 e. The second-order valence-corrected chi connectivity index (χ2v) is 7.47. The van der Waals surface area contributed by atoms with Gasteiger partial charge in [-0.15, -0.1) is 10.2 Å². The van der Waals surface area contributed by atoms with Crippen LogP contribution in [0.1, 0.15) is 6.42 Å². The molecule has 4 rings (SSSR count). The number of nitrogens with one attached hydrogen (secondary N) is 1. The molecule has 6 nitrogen and oxygen atoms in total. The number of rotatable bonds is 7. The summed E-state index contributed by atoms with van der Waals surface area (Å²) in [6, 6.07) is 23.3.